The zero-order valence-electron chi connectivity index (χ0n) is 22.9. The summed E-state index contributed by atoms with van der Waals surface area (Å²) in [6.07, 6.45) is -0.491. The predicted octanol–water partition coefficient (Wildman–Crippen LogP) is 6.24. The Hall–Kier alpha value is -3.05. The molecule has 0 unspecified atom stereocenters. The Kier molecular flexibility index (Phi) is 8.23. The molecule has 3 aromatic rings. The number of piperazine rings is 1. The highest BCUT2D eigenvalue weighted by Gasteiger charge is 2.45. The van der Waals surface area contributed by atoms with E-state index in [0.29, 0.717) is 59.0 Å². The molecule has 2 saturated heterocycles. The molecule has 7 nitrogen and oxygen atoms in total. The summed E-state index contributed by atoms with van der Waals surface area (Å²) in [5, 5.41) is 6.35. The summed E-state index contributed by atoms with van der Waals surface area (Å²) in [7, 11) is 0. The van der Waals surface area contributed by atoms with Crippen LogP contribution in [0.5, 0.6) is 0 Å². The molecule has 226 valence electrons. The fraction of sp³-hybridized carbons (Fsp3) is 0.367. The second-order valence-electron chi connectivity index (χ2n) is 10.9. The molecule has 0 atom stereocenters. The van der Waals surface area contributed by atoms with Gasteiger partial charge in [0.2, 0.25) is 0 Å². The molecule has 0 radical (unpaired) electrons. The first-order valence-corrected chi connectivity index (χ1v) is 15.1. The lowest BCUT2D eigenvalue weighted by Crippen LogP contribution is -2.65. The van der Waals surface area contributed by atoms with Gasteiger partial charge in [0.05, 0.1) is 16.4 Å². The van der Waals surface area contributed by atoms with Gasteiger partial charge in [-0.15, -0.1) is 0 Å². The van der Waals surface area contributed by atoms with Gasteiger partial charge in [-0.25, -0.2) is 4.68 Å². The first-order chi connectivity index (χ1) is 20.5. The van der Waals surface area contributed by atoms with Crippen molar-refractivity contribution in [2.45, 2.75) is 31.5 Å². The monoisotopic (exact) mass is 651 g/mol. The van der Waals surface area contributed by atoms with Crippen LogP contribution in [0.15, 0.2) is 42.5 Å². The van der Waals surface area contributed by atoms with E-state index in [1.54, 1.807) is 27.8 Å². The predicted molar refractivity (Wildman–Crippen MR) is 160 cm³/mol. The number of nitrogens with zero attached hydrogens (tertiary/aromatic N) is 5. The van der Waals surface area contributed by atoms with Crippen molar-refractivity contribution in [2.24, 2.45) is 0 Å². The van der Waals surface area contributed by atoms with Gasteiger partial charge in [0, 0.05) is 60.9 Å². The van der Waals surface area contributed by atoms with Crippen LogP contribution in [0.2, 0.25) is 15.1 Å². The summed E-state index contributed by atoms with van der Waals surface area (Å²) >= 11 is 18.9. The van der Waals surface area contributed by atoms with Crippen LogP contribution in [-0.4, -0.2) is 87.8 Å². The number of rotatable bonds is 4. The van der Waals surface area contributed by atoms with Gasteiger partial charge in [-0.05, 0) is 66.8 Å². The number of halogens is 6. The van der Waals surface area contributed by atoms with Gasteiger partial charge < -0.3 is 9.80 Å². The molecule has 6 rings (SSSR count). The Balaban J connectivity index is 1.25. The number of carbonyl (C=O) groups excluding carboxylic acids is 2. The van der Waals surface area contributed by atoms with Gasteiger partial charge in [-0.2, -0.15) is 18.3 Å². The highest BCUT2D eigenvalue weighted by Crippen LogP contribution is 2.38. The third-order valence-corrected chi connectivity index (χ3v) is 9.01. The van der Waals surface area contributed by atoms with Crippen LogP contribution >= 0.6 is 34.8 Å². The minimum Gasteiger partial charge on any atom is -0.334 e. The van der Waals surface area contributed by atoms with Crippen LogP contribution in [0, 0.1) is 0 Å². The third-order valence-electron chi connectivity index (χ3n) is 8.22. The van der Waals surface area contributed by atoms with Gasteiger partial charge in [-0.1, -0.05) is 46.9 Å². The summed E-state index contributed by atoms with van der Waals surface area (Å²) in [4.78, 5) is 30.0. The topological polar surface area (TPSA) is 61.7 Å². The Labute approximate surface area is 261 Å². The fourth-order valence-corrected chi connectivity index (χ4v) is 6.58. The number of amides is 2. The van der Waals surface area contributed by atoms with E-state index in [-0.39, 0.29) is 25.0 Å². The summed E-state index contributed by atoms with van der Waals surface area (Å²) in [6, 6.07) is 12.7. The molecule has 1 aliphatic carbocycles. The molecule has 2 amide bonds. The van der Waals surface area contributed by atoms with Crippen LogP contribution in [-0.2, 0) is 11.2 Å². The first kappa shape index (κ1) is 30.0. The van der Waals surface area contributed by atoms with E-state index in [1.165, 1.54) is 0 Å². The van der Waals surface area contributed by atoms with Gasteiger partial charge in [0.1, 0.15) is 0 Å². The Morgan fingerprint density at radius 2 is 1.56 bits per heavy atom. The van der Waals surface area contributed by atoms with Crippen molar-refractivity contribution in [2.75, 3.05) is 39.3 Å². The SMILES string of the molecule is O=C(c1nn(-c2ccc(Cl)cc2Cl)c2c1CCC/C2=C\c1ccc(Cl)cc1)N1CC(N2CCN(C(=O)C(F)(F)F)CC2)C1. The fourth-order valence-electron chi connectivity index (χ4n) is 5.96. The van der Waals surface area contributed by atoms with Crippen LogP contribution in [0.1, 0.15) is 40.2 Å². The molecule has 3 heterocycles. The van der Waals surface area contributed by atoms with E-state index in [9.17, 15) is 22.8 Å². The molecule has 2 fully saturated rings. The molecule has 0 saturated carbocycles. The summed E-state index contributed by atoms with van der Waals surface area (Å²) in [5.41, 5.74) is 4.65. The minimum atomic E-state index is -4.87. The minimum absolute atomic E-state index is 0.00524. The van der Waals surface area contributed by atoms with Gasteiger partial charge in [-0.3, -0.25) is 14.5 Å². The Morgan fingerprint density at radius 3 is 2.21 bits per heavy atom. The molecular weight excluding hydrogens is 626 g/mol. The molecular formula is C30H27Cl3F3N5O2. The number of aromatic nitrogens is 2. The van der Waals surface area contributed by atoms with Gasteiger partial charge in [0.25, 0.3) is 5.91 Å². The van der Waals surface area contributed by atoms with E-state index >= 15 is 0 Å². The average Bonchev–Trinajstić information content (AvgIpc) is 3.33. The molecule has 13 heteroatoms. The largest absolute Gasteiger partial charge is 0.471 e. The van der Waals surface area contributed by atoms with E-state index < -0.39 is 12.1 Å². The van der Waals surface area contributed by atoms with E-state index in [4.69, 9.17) is 39.9 Å². The Bertz CT molecular complexity index is 1590. The highest BCUT2D eigenvalue weighted by molar-refractivity contribution is 6.35. The van der Waals surface area contributed by atoms with Crippen LogP contribution in [0.4, 0.5) is 13.2 Å². The number of carbonyl (C=O) groups is 2. The molecule has 43 heavy (non-hydrogen) atoms. The lowest BCUT2D eigenvalue weighted by Gasteiger charge is -2.48. The molecule has 3 aliphatic rings. The van der Waals surface area contributed by atoms with Gasteiger partial charge in [0.15, 0.2) is 5.69 Å². The number of benzene rings is 2. The van der Waals surface area contributed by atoms with Crippen molar-refractivity contribution in [3.05, 3.63) is 80.0 Å². The maximum Gasteiger partial charge on any atom is 0.471 e. The molecule has 2 aromatic carbocycles. The standard InChI is InChI=1S/C30H27Cl3F3N5O2/c31-20-6-4-18(5-7-20)14-19-2-1-3-23-26(37-41(27(19)23)25-9-8-21(32)15-24(25)33)28(42)40-16-22(17-40)38-10-12-39(13-11-38)29(43)30(34,35)36/h4-9,14-15,22H,1-3,10-13,16-17H2/b19-14+. The zero-order valence-corrected chi connectivity index (χ0v) is 25.1. The van der Waals surface area contributed by atoms with Gasteiger partial charge >= 0.3 is 12.1 Å². The molecule has 1 aromatic heterocycles. The van der Waals surface area contributed by atoms with Crippen LogP contribution in [0.3, 0.4) is 0 Å². The second kappa shape index (κ2) is 11.8. The molecule has 2 aliphatic heterocycles. The van der Waals surface area contributed by atoms with Crippen molar-refractivity contribution >= 4 is 58.3 Å². The quantitative estimate of drug-likeness (QED) is 0.335. The number of hydrogen-bond acceptors (Lipinski definition) is 4. The van der Waals surface area contributed by atoms with Crippen LogP contribution in [0.25, 0.3) is 17.3 Å². The number of fused-ring (bicyclic) bond motifs is 1. The third kappa shape index (κ3) is 6.02. The zero-order chi connectivity index (χ0) is 30.5. The summed E-state index contributed by atoms with van der Waals surface area (Å²) in [6.45, 7) is 1.53. The van der Waals surface area contributed by atoms with Crippen molar-refractivity contribution < 1.29 is 22.8 Å². The smallest absolute Gasteiger partial charge is 0.334 e. The summed E-state index contributed by atoms with van der Waals surface area (Å²) in [5.74, 6) is -2.00. The lowest BCUT2D eigenvalue weighted by atomic mass is 9.89. The van der Waals surface area contributed by atoms with Crippen LogP contribution < -0.4 is 0 Å². The highest BCUT2D eigenvalue weighted by atomic mass is 35.5. The van der Waals surface area contributed by atoms with Crippen molar-refractivity contribution in [3.8, 4) is 5.69 Å². The van der Waals surface area contributed by atoms with E-state index in [0.717, 1.165) is 40.1 Å². The van der Waals surface area contributed by atoms with Crippen molar-refractivity contribution in [1.82, 2.24) is 24.5 Å². The first-order valence-electron chi connectivity index (χ1n) is 13.9. The van der Waals surface area contributed by atoms with Crippen molar-refractivity contribution in [3.63, 3.8) is 0 Å². The second-order valence-corrected chi connectivity index (χ2v) is 12.2. The number of alkyl halides is 3. The normalized spacial score (nSPS) is 19.0. The average molecular weight is 653 g/mol. The summed E-state index contributed by atoms with van der Waals surface area (Å²) < 4.78 is 40.2. The van der Waals surface area contributed by atoms with E-state index in [2.05, 4.69) is 6.08 Å². The molecule has 0 bridgehead atoms. The molecule has 0 spiro atoms. The molecule has 0 N–H and O–H groups in total. The maximum atomic E-state index is 13.8. The number of hydrogen-bond donors (Lipinski definition) is 0. The maximum absolute atomic E-state index is 13.8. The van der Waals surface area contributed by atoms with Crippen molar-refractivity contribution in [1.29, 1.82) is 0 Å². The number of allylic oxidation sites excluding steroid dienone is 1. The number of likely N-dealkylation sites (tertiary alicyclic amines) is 1. The Morgan fingerprint density at radius 1 is 0.884 bits per heavy atom. The lowest BCUT2D eigenvalue weighted by molar-refractivity contribution is -0.187. The van der Waals surface area contributed by atoms with E-state index in [1.807, 2.05) is 29.2 Å².